The number of carbonyl (C=O) groups is 1. The number of nitrogen functional groups attached to an aromatic ring is 1. The van der Waals surface area contributed by atoms with E-state index < -0.39 is 0 Å². The molecule has 0 radical (unpaired) electrons. The molecule has 0 unspecified atom stereocenters. The molecule has 1 rings (SSSR count). The predicted octanol–water partition coefficient (Wildman–Crippen LogP) is 3.33. The van der Waals surface area contributed by atoms with Gasteiger partial charge in [-0.3, -0.25) is 4.79 Å². The number of hydrogen-bond donors (Lipinski definition) is 1. The fraction of sp³-hybridized carbons (Fsp3) is 0.562. The van der Waals surface area contributed by atoms with E-state index in [0.29, 0.717) is 17.5 Å². The van der Waals surface area contributed by atoms with Gasteiger partial charge in [-0.25, -0.2) is 0 Å². The van der Waals surface area contributed by atoms with Gasteiger partial charge in [-0.2, -0.15) is 0 Å². The first-order valence-electron chi connectivity index (χ1n) is 6.96. The highest BCUT2D eigenvalue weighted by Gasteiger charge is 2.19. The van der Waals surface area contributed by atoms with Gasteiger partial charge in [0.25, 0.3) is 5.91 Å². The molecule has 0 spiro atoms. The Kier molecular flexibility index (Phi) is 5.40. The number of hydrogen-bond acceptors (Lipinski definition) is 2. The molecule has 0 aliphatic carbocycles. The largest absolute Gasteiger partial charge is 0.399 e. The lowest BCUT2D eigenvalue weighted by molar-refractivity contribution is 0.0714. The molecule has 1 aromatic carbocycles. The molecule has 2 N–H and O–H groups in total. The lowest BCUT2D eigenvalue weighted by atomic mass is 10.0. The highest BCUT2D eigenvalue weighted by atomic mass is 16.2. The molecule has 0 fully saturated rings. The van der Waals surface area contributed by atoms with E-state index in [-0.39, 0.29) is 5.91 Å². The van der Waals surface area contributed by atoms with Crippen molar-refractivity contribution in [3.05, 3.63) is 29.3 Å². The Morgan fingerprint density at radius 3 is 2.16 bits per heavy atom. The zero-order valence-corrected chi connectivity index (χ0v) is 12.7. The molecule has 0 saturated carbocycles. The number of amides is 1. The normalized spacial score (nSPS) is 11.1. The minimum absolute atomic E-state index is 0.0900. The molecule has 3 nitrogen and oxygen atoms in total. The summed E-state index contributed by atoms with van der Waals surface area (Å²) < 4.78 is 0. The number of benzene rings is 1. The van der Waals surface area contributed by atoms with Crippen molar-refractivity contribution in [2.75, 3.05) is 18.8 Å². The number of anilines is 1. The molecule has 0 aliphatic heterocycles. The van der Waals surface area contributed by atoms with Gasteiger partial charge in [0.2, 0.25) is 0 Å². The van der Waals surface area contributed by atoms with E-state index in [1.165, 1.54) is 0 Å². The third-order valence-electron chi connectivity index (χ3n) is 2.95. The van der Waals surface area contributed by atoms with E-state index in [1.807, 2.05) is 24.0 Å². The quantitative estimate of drug-likeness (QED) is 0.827. The van der Waals surface area contributed by atoms with Gasteiger partial charge in [-0.1, -0.05) is 33.8 Å². The van der Waals surface area contributed by atoms with Crippen molar-refractivity contribution in [2.24, 2.45) is 11.8 Å². The highest BCUT2D eigenvalue weighted by molar-refractivity contribution is 5.96. The van der Waals surface area contributed by atoms with Crippen molar-refractivity contribution in [1.29, 1.82) is 0 Å². The van der Waals surface area contributed by atoms with Crippen molar-refractivity contribution >= 4 is 11.6 Å². The van der Waals surface area contributed by atoms with Crippen LogP contribution in [-0.2, 0) is 0 Å². The minimum Gasteiger partial charge on any atom is -0.399 e. The van der Waals surface area contributed by atoms with Crippen LogP contribution in [0.3, 0.4) is 0 Å². The third-order valence-corrected chi connectivity index (χ3v) is 2.95. The first kappa shape index (κ1) is 15.5. The second-order valence-corrected chi connectivity index (χ2v) is 6.07. The van der Waals surface area contributed by atoms with E-state index >= 15 is 0 Å². The van der Waals surface area contributed by atoms with E-state index in [2.05, 4.69) is 27.7 Å². The van der Waals surface area contributed by atoms with Crippen molar-refractivity contribution in [2.45, 2.75) is 34.6 Å². The Morgan fingerprint density at radius 2 is 1.68 bits per heavy atom. The maximum absolute atomic E-state index is 12.7. The van der Waals surface area contributed by atoms with Crippen LogP contribution >= 0.6 is 0 Å². The van der Waals surface area contributed by atoms with Crippen molar-refractivity contribution in [3.8, 4) is 0 Å². The minimum atomic E-state index is 0.0900. The van der Waals surface area contributed by atoms with Gasteiger partial charge < -0.3 is 10.6 Å². The van der Waals surface area contributed by atoms with E-state index in [4.69, 9.17) is 5.73 Å². The molecule has 1 aromatic rings. The fourth-order valence-corrected chi connectivity index (χ4v) is 2.16. The Labute approximate surface area is 116 Å². The average Bonchev–Trinajstić information content (AvgIpc) is 2.29. The van der Waals surface area contributed by atoms with Gasteiger partial charge >= 0.3 is 0 Å². The molecule has 0 aliphatic rings. The molecule has 0 atom stereocenters. The Balaban J connectivity index is 3.00. The number of nitrogens with two attached hydrogens (primary N) is 1. The van der Waals surface area contributed by atoms with Crippen LogP contribution < -0.4 is 5.73 Å². The van der Waals surface area contributed by atoms with E-state index in [9.17, 15) is 4.79 Å². The molecular formula is C16H26N2O. The lowest BCUT2D eigenvalue weighted by Crippen LogP contribution is -2.37. The Bertz CT molecular complexity index is 428. The van der Waals surface area contributed by atoms with Crippen LogP contribution in [0.2, 0.25) is 0 Å². The SMILES string of the molecule is Cc1ccc(N)cc1C(=O)N(CC(C)C)CC(C)C. The first-order chi connectivity index (χ1) is 8.81. The highest BCUT2D eigenvalue weighted by Crippen LogP contribution is 2.17. The summed E-state index contributed by atoms with van der Waals surface area (Å²) in [6, 6.07) is 5.53. The summed E-state index contributed by atoms with van der Waals surface area (Å²) in [5.41, 5.74) is 8.15. The van der Waals surface area contributed by atoms with E-state index in [1.54, 1.807) is 6.07 Å². The van der Waals surface area contributed by atoms with Crippen LogP contribution in [0.4, 0.5) is 5.69 Å². The van der Waals surface area contributed by atoms with Gasteiger partial charge in [0.05, 0.1) is 0 Å². The van der Waals surface area contributed by atoms with Gasteiger partial charge in [-0.15, -0.1) is 0 Å². The summed E-state index contributed by atoms with van der Waals surface area (Å²) in [7, 11) is 0. The summed E-state index contributed by atoms with van der Waals surface area (Å²) in [5, 5.41) is 0. The molecular weight excluding hydrogens is 236 g/mol. The number of rotatable bonds is 5. The van der Waals surface area contributed by atoms with Gasteiger partial charge in [-0.05, 0) is 36.5 Å². The molecule has 0 heterocycles. The Hall–Kier alpha value is -1.51. The second-order valence-electron chi connectivity index (χ2n) is 6.07. The topological polar surface area (TPSA) is 46.3 Å². The molecule has 0 aromatic heterocycles. The third kappa shape index (κ3) is 4.58. The molecule has 19 heavy (non-hydrogen) atoms. The van der Waals surface area contributed by atoms with Crippen LogP contribution in [0.25, 0.3) is 0 Å². The van der Waals surface area contributed by atoms with Crippen molar-refractivity contribution in [1.82, 2.24) is 4.90 Å². The maximum Gasteiger partial charge on any atom is 0.254 e. The lowest BCUT2D eigenvalue weighted by Gasteiger charge is -2.27. The zero-order valence-electron chi connectivity index (χ0n) is 12.7. The van der Waals surface area contributed by atoms with Crippen molar-refractivity contribution in [3.63, 3.8) is 0 Å². The number of aryl methyl sites for hydroxylation is 1. The van der Waals surface area contributed by atoms with Crippen LogP contribution in [0.1, 0.15) is 43.6 Å². The van der Waals surface area contributed by atoms with Crippen LogP contribution in [0, 0.1) is 18.8 Å². The van der Waals surface area contributed by atoms with Gasteiger partial charge in [0, 0.05) is 24.3 Å². The Morgan fingerprint density at radius 1 is 1.16 bits per heavy atom. The summed E-state index contributed by atoms with van der Waals surface area (Å²) >= 11 is 0. The average molecular weight is 262 g/mol. The smallest absolute Gasteiger partial charge is 0.254 e. The molecule has 106 valence electrons. The summed E-state index contributed by atoms with van der Waals surface area (Å²) in [6.07, 6.45) is 0. The molecule has 1 amide bonds. The van der Waals surface area contributed by atoms with Gasteiger partial charge in [0.15, 0.2) is 0 Å². The molecule has 3 heteroatoms. The first-order valence-corrected chi connectivity index (χ1v) is 6.96. The monoisotopic (exact) mass is 262 g/mol. The zero-order chi connectivity index (χ0) is 14.6. The molecule has 0 saturated heterocycles. The predicted molar refractivity (Wildman–Crippen MR) is 81.2 cm³/mol. The fourth-order valence-electron chi connectivity index (χ4n) is 2.16. The summed E-state index contributed by atoms with van der Waals surface area (Å²) in [4.78, 5) is 14.6. The summed E-state index contributed by atoms with van der Waals surface area (Å²) in [5.74, 6) is 1.01. The van der Waals surface area contributed by atoms with Crippen LogP contribution in [0.5, 0.6) is 0 Å². The number of carbonyl (C=O) groups excluding carboxylic acids is 1. The van der Waals surface area contributed by atoms with Gasteiger partial charge in [0.1, 0.15) is 0 Å². The second kappa shape index (κ2) is 6.60. The molecule has 0 bridgehead atoms. The standard InChI is InChI=1S/C16H26N2O/c1-11(2)9-18(10-12(3)4)16(19)15-8-14(17)7-6-13(15)5/h6-8,11-12H,9-10,17H2,1-5H3. The summed E-state index contributed by atoms with van der Waals surface area (Å²) in [6.45, 7) is 12.0. The van der Waals surface area contributed by atoms with Crippen LogP contribution in [0.15, 0.2) is 18.2 Å². The van der Waals surface area contributed by atoms with Crippen LogP contribution in [-0.4, -0.2) is 23.9 Å². The number of nitrogens with zero attached hydrogens (tertiary/aromatic N) is 1. The maximum atomic E-state index is 12.7. The van der Waals surface area contributed by atoms with Crippen molar-refractivity contribution < 1.29 is 4.79 Å². The van der Waals surface area contributed by atoms with E-state index in [0.717, 1.165) is 24.2 Å².